The number of benzene rings is 1. The van der Waals surface area contributed by atoms with Gasteiger partial charge in [0.2, 0.25) is 0 Å². The van der Waals surface area contributed by atoms with Crippen LogP contribution in [0.25, 0.3) is 0 Å². The molecule has 0 aliphatic carbocycles. The van der Waals surface area contributed by atoms with E-state index in [9.17, 15) is 0 Å². The molecule has 0 radical (unpaired) electrons. The number of nitrogens with two attached hydrogens (primary N) is 1. The Labute approximate surface area is 112 Å². The smallest absolute Gasteiger partial charge is 0.119 e. The summed E-state index contributed by atoms with van der Waals surface area (Å²) in [6.45, 7) is 2.84. The zero-order valence-corrected chi connectivity index (χ0v) is 11.3. The second kappa shape index (κ2) is 6.52. The van der Waals surface area contributed by atoms with Crippen LogP contribution in [0.1, 0.15) is 29.8 Å². The van der Waals surface area contributed by atoms with Crippen molar-refractivity contribution in [2.45, 2.75) is 25.8 Å². The molecule has 0 aliphatic rings. The highest BCUT2D eigenvalue weighted by Crippen LogP contribution is 2.22. The van der Waals surface area contributed by atoms with Crippen LogP contribution in [0.4, 0.5) is 0 Å². The monoisotopic (exact) mass is 262 g/mol. The third-order valence-corrected chi connectivity index (χ3v) is 3.47. The van der Waals surface area contributed by atoms with Crippen LogP contribution in [0.2, 0.25) is 0 Å². The third-order valence-electron chi connectivity index (χ3n) is 2.66. The number of rotatable bonds is 6. The van der Waals surface area contributed by atoms with Crippen LogP contribution in [-0.4, -0.2) is 11.6 Å². The molecule has 0 aliphatic heterocycles. The number of ether oxygens (including phenoxy) is 1. The van der Waals surface area contributed by atoms with Crippen molar-refractivity contribution in [3.8, 4) is 5.75 Å². The molecule has 0 saturated carbocycles. The van der Waals surface area contributed by atoms with E-state index in [-0.39, 0.29) is 6.04 Å². The lowest BCUT2D eigenvalue weighted by Crippen LogP contribution is -2.12. The van der Waals surface area contributed by atoms with E-state index in [1.807, 2.05) is 36.0 Å². The van der Waals surface area contributed by atoms with Crippen molar-refractivity contribution in [2.75, 3.05) is 6.61 Å². The van der Waals surface area contributed by atoms with Gasteiger partial charge in [0.15, 0.2) is 0 Å². The minimum Gasteiger partial charge on any atom is -0.494 e. The Balaban J connectivity index is 2.03. The van der Waals surface area contributed by atoms with Gasteiger partial charge in [0, 0.05) is 23.5 Å². The SMILES string of the molecule is CCCOc1cccc(C(N)Cc2cncs2)c1. The van der Waals surface area contributed by atoms with Crippen LogP contribution >= 0.6 is 11.3 Å². The molecule has 1 atom stereocenters. The van der Waals surface area contributed by atoms with Crippen molar-refractivity contribution < 1.29 is 4.74 Å². The molecule has 0 fully saturated rings. The van der Waals surface area contributed by atoms with Gasteiger partial charge in [-0.15, -0.1) is 11.3 Å². The van der Waals surface area contributed by atoms with Gasteiger partial charge in [-0.1, -0.05) is 19.1 Å². The Bertz CT molecular complexity index is 470. The zero-order chi connectivity index (χ0) is 12.8. The largest absolute Gasteiger partial charge is 0.494 e. The molecule has 96 valence electrons. The molecule has 0 saturated heterocycles. The van der Waals surface area contributed by atoms with Crippen LogP contribution in [0.3, 0.4) is 0 Å². The van der Waals surface area contributed by atoms with E-state index < -0.39 is 0 Å². The summed E-state index contributed by atoms with van der Waals surface area (Å²) in [6, 6.07) is 8.03. The van der Waals surface area contributed by atoms with Crippen LogP contribution in [0, 0.1) is 0 Å². The number of hydrogen-bond acceptors (Lipinski definition) is 4. The summed E-state index contributed by atoms with van der Waals surface area (Å²) >= 11 is 1.64. The average Bonchev–Trinajstić information content (AvgIpc) is 2.89. The summed E-state index contributed by atoms with van der Waals surface area (Å²) < 4.78 is 5.62. The first-order chi connectivity index (χ1) is 8.79. The van der Waals surface area contributed by atoms with Gasteiger partial charge < -0.3 is 10.5 Å². The summed E-state index contributed by atoms with van der Waals surface area (Å²) in [6.07, 6.45) is 3.71. The summed E-state index contributed by atoms with van der Waals surface area (Å²) in [5.74, 6) is 0.897. The van der Waals surface area contributed by atoms with Gasteiger partial charge in [-0.2, -0.15) is 0 Å². The van der Waals surface area contributed by atoms with Crippen LogP contribution in [-0.2, 0) is 6.42 Å². The molecule has 4 heteroatoms. The molecular formula is C14H18N2OS. The lowest BCUT2D eigenvalue weighted by atomic mass is 10.0. The van der Waals surface area contributed by atoms with Crippen molar-refractivity contribution in [1.82, 2.24) is 4.98 Å². The molecule has 1 aromatic carbocycles. The first-order valence-electron chi connectivity index (χ1n) is 6.15. The molecule has 0 spiro atoms. The number of thiazole rings is 1. The topological polar surface area (TPSA) is 48.1 Å². The van der Waals surface area contributed by atoms with Gasteiger partial charge in [-0.25, -0.2) is 0 Å². The number of hydrogen-bond donors (Lipinski definition) is 1. The lowest BCUT2D eigenvalue weighted by molar-refractivity contribution is 0.317. The normalized spacial score (nSPS) is 12.3. The van der Waals surface area contributed by atoms with Gasteiger partial charge in [0.1, 0.15) is 5.75 Å². The predicted molar refractivity (Wildman–Crippen MR) is 75.0 cm³/mol. The van der Waals surface area contributed by atoms with Gasteiger partial charge in [0.25, 0.3) is 0 Å². The highest BCUT2D eigenvalue weighted by Gasteiger charge is 2.09. The molecular weight excluding hydrogens is 244 g/mol. The molecule has 1 unspecified atom stereocenters. The van der Waals surface area contributed by atoms with Crippen molar-refractivity contribution in [3.63, 3.8) is 0 Å². The molecule has 2 rings (SSSR count). The second-order valence-electron chi connectivity index (χ2n) is 4.20. The summed E-state index contributed by atoms with van der Waals surface area (Å²) in [5.41, 5.74) is 9.15. The Morgan fingerprint density at radius 2 is 2.33 bits per heavy atom. The lowest BCUT2D eigenvalue weighted by Gasteiger charge is -2.12. The maximum atomic E-state index is 6.21. The van der Waals surface area contributed by atoms with Crippen molar-refractivity contribution in [2.24, 2.45) is 5.73 Å². The Morgan fingerprint density at radius 3 is 3.06 bits per heavy atom. The van der Waals surface area contributed by atoms with Gasteiger partial charge in [0.05, 0.1) is 12.1 Å². The van der Waals surface area contributed by atoms with Crippen molar-refractivity contribution in [3.05, 3.63) is 46.4 Å². The first-order valence-corrected chi connectivity index (χ1v) is 7.03. The molecule has 3 nitrogen and oxygen atoms in total. The standard InChI is InChI=1S/C14H18N2OS/c1-2-6-17-12-5-3-4-11(7-12)14(15)8-13-9-16-10-18-13/h3-5,7,9-10,14H,2,6,8,15H2,1H3. The third kappa shape index (κ3) is 3.55. The minimum absolute atomic E-state index is 0.00405. The van der Waals surface area contributed by atoms with E-state index in [0.29, 0.717) is 0 Å². The molecule has 1 aromatic heterocycles. The zero-order valence-electron chi connectivity index (χ0n) is 10.5. The molecule has 18 heavy (non-hydrogen) atoms. The molecule has 0 bridgehead atoms. The van der Waals surface area contributed by atoms with Crippen molar-refractivity contribution >= 4 is 11.3 Å². The summed E-state index contributed by atoms with van der Waals surface area (Å²) in [4.78, 5) is 5.28. The van der Waals surface area contributed by atoms with Crippen LogP contribution < -0.4 is 10.5 Å². The highest BCUT2D eigenvalue weighted by atomic mass is 32.1. The molecule has 0 amide bonds. The van der Waals surface area contributed by atoms with E-state index in [0.717, 1.165) is 30.8 Å². The Morgan fingerprint density at radius 1 is 1.44 bits per heavy atom. The highest BCUT2D eigenvalue weighted by molar-refractivity contribution is 7.09. The Hall–Kier alpha value is -1.39. The molecule has 2 N–H and O–H groups in total. The first kappa shape index (κ1) is 13.1. The predicted octanol–water partition coefficient (Wildman–Crippen LogP) is 3.17. The Kier molecular flexibility index (Phi) is 4.73. The fourth-order valence-electron chi connectivity index (χ4n) is 1.73. The van der Waals surface area contributed by atoms with E-state index in [2.05, 4.69) is 11.9 Å². The van der Waals surface area contributed by atoms with Crippen LogP contribution in [0.15, 0.2) is 36.0 Å². The quantitative estimate of drug-likeness (QED) is 0.869. The second-order valence-corrected chi connectivity index (χ2v) is 5.17. The van der Waals surface area contributed by atoms with Crippen LogP contribution in [0.5, 0.6) is 5.75 Å². The fourth-order valence-corrected chi connectivity index (χ4v) is 2.39. The maximum absolute atomic E-state index is 6.21. The number of aromatic nitrogens is 1. The van der Waals surface area contributed by atoms with E-state index in [4.69, 9.17) is 10.5 Å². The summed E-state index contributed by atoms with van der Waals surface area (Å²) in [7, 11) is 0. The van der Waals surface area contributed by atoms with E-state index >= 15 is 0 Å². The maximum Gasteiger partial charge on any atom is 0.119 e. The van der Waals surface area contributed by atoms with Gasteiger partial charge in [-0.3, -0.25) is 4.98 Å². The molecule has 2 aromatic rings. The fraction of sp³-hybridized carbons (Fsp3) is 0.357. The average molecular weight is 262 g/mol. The molecule has 1 heterocycles. The van der Waals surface area contributed by atoms with Crippen molar-refractivity contribution in [1.29, 1.82) is 0 Å². The van der Waals surface area contributed by atoms with E-state index in [1.54, 1.807) is 11.3 Å². The van der Waals surface area contributed by atoms with Gasteiger partial charge >= 0.3 is 0 Å². The van der Waals surface area contributed by atoms with E-state index in [1.165, 1.54) is 4.88 Å². The van der Waals surface area contributed by atoms with Gasteiger partial charge in [-0.05, 0) is 24.1 Å². The minimum atomic E-state index is -0.00405. The number of nitrogens with zero attached hydrogens (tertiary/aromatic N) is 1. The summed E-state index contributed by atoms with van der Waals surface area (Å²) in [5, 5.41) is 0.